The normalized spacial score (nSPS) is 16.7. The Hall–Kier alpha value is -1.09. The molecule has 2 rings (SSSR count). The second-order valence-electron chi connectivity index (χ2n) is 4.15. The third-order valence-corrected chi connectivity index (χ3v) is 2.65. The fraction of sp³-hybridized carbons (Fsp3) is 0.500. The molecule has 1 aromatic carbocycles. The zero-order valence-electron chi connectivity index (χ0n) is 8.92. The molecule has 1 atom stereocenters. The van der Waals surface area contributed by atoms with Gasteiger partial charge in [-0.1, -0.05) is 6.07 Å². The van der Waals surface area contributed by atoms with Crippen LogP contribution in [-0.4, -0.2) is 12.6 Å². The standard InChI is InChI=1S/C12H16FNO/c1-8(14)7-10-11(13)5-4-9-3-2-6-15-12(9)10/h4-5,8H,2-3,6-7,14H2,1H3. The van der Waals surface area contributed by atoms with E-state index in [1.807, 2.05) is 13.0 Å². The van der Waals surface area contributed by atoms with Gasteiger partial charge in [-0.3, -0.25) is 0 Å². The Morgan fingerprint density at radius 1 is 1.53 bits per heavy atom. The largest absolute Gasteiger partial charge is 0.493 e. The molecule has 0 saturated heterocycles. The van der Waals surface area contributed by atoms with Crippen LogP contribution in [0.4, 0.5) is 4.39 Å². The fourth-order valence-electron chi connectivity index (χ4n) is 1.98. The number of benzene rings is 1. The highest BCUT2D eigenvalue weighted by atomic mass is 19.1. The van der Waals surface area contributed by atoms with Gasteiger partial charge in [0, 0.05) is 11.6 Å². The Morgan fingerprint density at radius 2 is 2.33 bits per heavy atom. The molecule has 1 aliphatic rings. The average molecular weight is 209 g/mol. The lowest BCUT2D eigenvalue weighted by atomic mass is 9.98. The highest BCUT2D eigenvalue weighted by Gasteiger charge is 2.18. The Kier molecular flexibility index (Phi) is 2.91. The second-order valence-corrected chi connectivity index (χ2v) is 4.15. The first-order valence-electron chi connectivity index (χ1n) is 5.37. The maximum atomic E-state index is 13.6. The lowest BCUT2D eigenvalue weighted by Crippen LogP contribution is -2.21. The van der Waals surface area contributed by atoms with Crippen LogP contribution in [0.3, 0.4) is 0 Å². The summed E-state index contributed by atoms with van der Waals surface area (Å²) >= 11 is 0. The molecule has 0 spiro atoms. The summed E-state index contributed by atoms with van der Waals surface area (Å²) in [6, 6.07) is 3.29. The number of halogens is 1. The molecule has 2 nitrogen and oxygen atoms in total. The summed E-state index contributed by atoms with van der Waals surface area (Å²) < 4.78 is 19.1. The van der Waals surface area contributed by atoms with E-state index in [2.05, 4.69) is 0 Å². The Bertz CT molecular complexity index is 363. The maximum absolute atomic E-state index is 13.6. The molecular weight excluding hydrogens is 193 g/mol. The van der Waals surface area contributed by atoms with Gasteiger partial charge in [-0.2, -0.15) is 0 Å². The van der Waals surface area contributed by atoms with E-state index in [1.54, 1.807) is 0 Å². The van der Waals surface area contributed by atoms with Gasteiger partial charge in [-0.15, -0.1) is 0 Å². The van der Waals surface area contributed by atoms with Crippen molar-refractivity contribution in [2.24, 2.45) is 5.73 Å². The molecule has 3 heteroatoms. The Morgan fingerprint density at radius 3 is 3.07 bits per heavy atom. The molecule has 0 fully saturated rings. The number of hydrogen-bond acceptors (Lipinski definition) is 2. The molecular formula is C12H16FNO. The van der Waals surface area contributed by atoms with Crippen molar-refractivity contribution in [2.45, 2.75) is 32.2 Å². The summed E-state index contributed by atoms with van der Waals surface area (Å²) in [5, 5.41) is 0. The highest BCUT2D eigenvalue weighted by molar-refractivity contribution is 5.44. The number of fused-ring (bicyclic) bond motifs is 1. The van der Waals surface area contributed by atoms with E-state index in [-0.39, 0.29) is 11.9 Å². The van der Waals surface area contributed by atoms with Gasteiger partial charge in [-0.25, -0.2) is 4.39 Å². The Balaban J connectivity index is 2.41. The van der Waals surface area contributed by atoms with Crippen molar-refractivity contribution >= 4 is 0 Å². The van der Waals surface area contributed by atoms with E-state index in [0.29, 0.717) is 18.6 Å². The van der Waals surface area contributed by atoms with Crippen molar-refractivity contribution in [1.29, 1.82) is 0 Å². The fourth-order valence-corrected chi connectivity index (χ4v) is 1.98. The van der Waals surface area contributed by atoms with Gasteiger partial charge in [0.25, 0.3) is 0 Å². The van der Waals surface area contributed by atoms with E-state index >= 15 is 0 Å². The molecule has 0 aromatic heterocycles. The average Bonchev–Trinajstić information content (AvgIpc) is 2.22. The van der Waals surface area contributed by atoms with Gasteiger partial charge in [0.2, 0.25) is 0 Å². The molecule has 0 aliphatic carbocycles. The summed E-state index contributed by atoms with van der Waals surface area (Å²) in [7, 11) is 0. The molecule has 15 heavy (non-hydrogen) atoms. The van der Waals surface area contributed by atoms with E-state index < -0.39 is 0 Å². The molecule has 2 N–H and O–H groups in total. The predicted molar refractivity (Wildman–Crippen MR) is 57.6 cm³/mol. The first-order chi connectivity index (χ1) is 7.18. The van der Waals surface area contributed by atoms with Gasteiger partial charge in [-0.05, 0) is 37.8 Å². The quantitative estimate of drug-likeness (QED) is 0.809. The van der Waals surface area contributed by atoms with Gasteiger partial charge in [0.1, 0.15) is 11.6 Å². The monoisotopic (exact) mass is 209 g/mol. The van der Waals surface area contributed by atoms with Crippen LogP contribution in [0.2, 0.25) is 0 Å². The summed E-state index contributed by atoms with van der Waals surface area (Å²) in [5.41, 5.74) is 7.45. The number of ether oxygens (including phenoxy) is 1. The molecule has 1 aliphatic heterocycles. The molecule has 1 aromatic rings. The first kappa shape index (κ1) is 10.4. The number of rotatable bonds is 2. The topological polar surface area (TPSA) is 35.2 Å². The van der Waals surface area contributed by atoms with E-state index in [0.717, 1.165) is 24.2 Å². The summed E-state index contributed by atoms with van der Waals surface area (Å²) in [5.74, 6) is 0.534. The van der Waals surface area contributed by atoms with Gasteiger partial charge >= 0.3 is 0 Å². The minimum Gasteiger partial charge on any atom is -0.493 e. The third-order valence-electron chi connectivity index (χ3n) is 2.65. The van der Waals surface area contributed by atoms with Crippen molar-refractivity contribution in [3.63, 3.8) is 0 Å². The molecule has 0 radical (unpaired) electrons. The van der Waals surface area contributed by atoms with Crippen LogP contribution in [0.5, 0.6) is 5.75 Å². The number of hydrogen-bond donors (Lipinski definition) is 1. The minimum absolute atomic E-state index is 0.0449. The summed E-state index contributed by atoms with van der Waals surface area (Å²) in [4.78, 5) is 0. The third kappa shape index (κ3) is 2.12. The maximum Gasteiger partial charge on any atom is 0.130 e. The van der Waals surface area contributed by atoms with Crippen molar-refractivity contribution in [2.75, 3.05) is 6.61 Å². The van der Waals surface area contributed by atoms with E-state index in [9.17, 15) is 4.39 Å². The van der Waals surface area contributed by atoms with Gasteiger partial charge < -0.3 is 10.5 Å². The van der Waals surface area contributed by atoms with Gasteiger partial charge in [0.15, 0.2) is 0 Å². The molecule has 0 bridgehead atoms. The number of aryl methyl sites for hydroxylation is 1. The van der Waals surface area contributed by atoms with Gasteiger partial charge in [0.05, 0.1) is 6.61 Å². The zero-order chi connectivity index (χ0) is 10.8. The summed E-state index contributed by atoms with van der Waals surface area (Å²) in [6.07, 6.45) is 2.52. The minimum atomic E-state index is -0.201. The molecule has 1 unspecified atom stereocenters. The van der Waals surface area contributed by atoms with Crippen LogP contribution in [0.15, 0.2) is 12.1 Å². The van der Waals surface area contributed by atoms with Crippen LogP contribution in [0.1, 0.15) is 24.5 Å². The smallest absolute Gasteiger partial charge is 0.130 e. The van der Waals surface area contributed by atoms with Crippen LogP contribution >= 0.6 is 0 Å². The van der Waals surface area contributed by atoms with E-state index in [1.165, 1.54) is 6.07 Å². The predicted octanol–water partition coefficient (Wildman–Crippen LogP) is 2.04. The molecule has 0 amide bonds. The summed E-state index contributed by atoms with van der Waals surface area (Å²) in [6.45, 7) is 2.56. The van der Waals surface area contributed by atoms with Crippen molar-refractivity contribution in [3.8, 4) is 5.75 Å². The SMILES string of the molecule is CC(N)Cc1c(F)ccc2c1OCCC2. The number of nitrogens with two attached hydrogens (primary N) is 1. The highest BCUT2D eigenvalue weighted by Crippen LogP contribution is 2.31. The van der Waals surface area contributed by atoms with Crippen LogP contribution < -0.4 is 10.5 Å². The van der Waals surface area contributed by atoms with Crippen LogP contribution in [0, 0.1) is 5.82 Å². The zero-order valence-corrected chi connectivity index (χ0v) is 8.92. The lowest BCUT2D eigenvalue weighted by Gasteiger charge is -2.21. The first-order valence-corrected chi connectivity index (χ1v) is 5.37. The van der Waals surface area contributed by atoms with Crippen LogP contribution in [0.25, 0.3) is 0 Å². The van der Waals surface area contributed by atoms with Crippen molar-refractivity contribution in [1.82, 2.24) is 0 Å². The van der Waals surface area contributed by atoms with Crippen molar-refractivity contribution in [3.05, 3.63) is 29.1 Å². The second kappa shape index (κ2) is 4.19. The van der Waals surface area contributed by atoms with Crippen molar-refractivity contribution < 1.29 is 9.13 Å². The van der Waals surface area contributed by atoms with E-state index in [4.69, 9.17) is 10.5 Å². The Labute approximate surface area is 89.2 Å². The van der Waals surface area contributed by atoms with Crippen LogP contribution in [-0.2, 0) is 12.8 Å². The lowest BCUT2D eigenvalue weighted by molar-refractivity contribution is 0.282. The molecule has 82 valence electrons. The molecule has 0 saturated carbocycles. The molecule has 1 heterocycles.